The molecule has 0 radical (unpaired) electrons. The predicted octanol–water partition coefficient (Wildman–Crippen LogP) is 6.43. The fraction of sp³-hybridized carbons (Fsp3) is 0.517. The Labute approximate surface area is 189 Å². The molecule has 4 atom stereocenters. The van der Waals surface area contributed by atoms with Crippen LogP contribution >= 0.6 is 0 Å². The zero-order valence-electron chi connectivity index (χ0n) is 19.7. The van der Waals surface area contributed by atoms with Gasteiger partial charge < -0.3 is 11.5 Å². The first-order valence-electron chi connectivity index (χ1n) is 12.2. The minimum Gasteiger partial charge on any atom is -0.329 e. The van der Waals surface area contributed by atoms with Crippen molar-refractivity contribution in [1.82, 2.24) is 0 Å². The third-order valence-electron chi connectivity index (χ3n) is 7.95. The third-order valence-corrected chi connectivity index (χ3v) is 7.95. The van der Waals surface area contributed by atoms with Gasteiger partial charge in [-0.2, -0.15) is 0 Å². The summed E-state index contributed by atoms with van der Waals surface area (Å²) in [6.07, 6.45) is 15.5. The van der Waals surface area contributed by atoms with E-state index in [-0.39, 0.29) is 11.5 Å². The highest BCUT2D eigenvalue weighted by atomic mass is 14.7. The van der Waals surface area contributed by atoms with E-state index in [4.69, 9.17) is 11.5 Å². The van der Waals surface area contributed by atoms with Crippen LogP contribution in [-0.2, 0) is 6.42 Å². The second-order valence-electron chi connectivity index (χ2n) is 10.6. The first kappa shape index (κ1) is 22.3. The summed E-state index contributed by atoms with van der Waals surface area (Å²) in [6, 6.07) is 7.25. The van der Waals surface area contributed by atoms with Gasteiger partial charge in [0.2, 0.25) is 0 Å². The van der Waals surface area contributed by atoms with E-state index in [0.29, 0.717) is 12.5 Å². The Hall–Kier alpha value is -1.90. The lowest BCUT2D eigenvalue weighted by atomic mass is 9.66. The monoisotopic (exact) mass is 416 g/mol. The molecular weight excluding hydrogens is 376 g/mol. The molecule has 4 rings (SSSR count). The number of nitrogens with two attached hydrogens (primary N) is 2. The van der Waals surface area contributed by atoms with E-state index in [9.17, 15) is 0 Å². The van der Waals surface area contributed by atoms with E-state index in [1.165, 1.54) is 59.1 Å². The minimum atomic E-state index is 0.0982. The average Bonchev–Trinajstić information content (AvgIpc) is 2.77. The summed E-state index contributed by atoms with van der Waals surface area (Å²) < 4.78 is 0. The molecule has 1 aromatic rings. The van der Waals surface area contributed by atoms with Crippen LogP contribution in [0.3, 0.4) is 0 Å². The summed E-state index contributed by atoms with van der Waals surface area (Å²) in [5.41, 5.74) is 21.9. The van der Waals surface area contributed by atoms with Crippen LogP contribution in [0.5, 0.6) is 0 Å². The summed E-state index contributed by atoms with van der Waals surface area (Å²) in [5, 5.41) is 0. The molecule has 2 nitrogen and oxygen atoms in total. The van der Waals surface area contributed by atoms with Crippen LogP contribution in [0.1, 0.15) is 81.9 Å². The Balaban J connectivity index is 1.58. The molecule has 0 heterocycles. The lowest BCUT2D eigenvalue weighted by molar-refractivity contribution is 0.358. The maximum atomic E-state index is 6.12. The predicted molar refractivity (Wildman–Crippen MR) is 134 cm³/mol. The number of fused-ring (bicyclic) bond motifs is 2. The maximum Gasteiger partial charge on any atom is 0.0163 e. The fourth-order valence-electron chi connectivity index (χ4n) is 5.65. The van der Waals surface area contributed by atoms with Crippen molar-refractivity contribution >= 4 is 5.57 Å². The van der Waals surface area contributed by atoms with Gasteiger partial charge in [0.05, 0.1) is 0 Å². The Morgan fingerprint density at radius 3 is 2.77 bits per heavy atom. The Morgan fingerprint density at radius 2 is 2.06 bits per heavy atom. The third kappa shape index (κ3) is 4.66. The highest BCUT2D eigenvalue weighted by molar-refractivity contribution is 5.88. The van der Waals surface area contributed by atoms with Gasteiger partial charge in [-0.15, -0.1) is 0 Å². The highest BCUT2D eigenvalue weighted by Gasteiger charge is 2.34. The summed E-state index contributed by atoms with van der Waals surface area (Å²) in [5.74, 6) is 1.19. The van der Waals surface area contributed by atoms with Crippen LogP contribution in [0.15, 0.2) is 59.7 Å². The molecule has 0 amide bonds. The van der Waals surface area contributed by atoms with E-state index in [1.54, 1.807) is 5.57 Å². The van der Waals surface area contributed by atoms with Crippen LogP contribution in [0.4, 0.5) is 0 Å². The van der Waals surface area contributed by atoms with Gasteiger partial charge in [0.25, 0.3) is 0 Å². The Bertz CT molecular complexity index is 947. The molecule has 166 valence electrons. The molecule has 0 saturated heterocycles. The zero-order chi connectivity index (χ0) is 22.2. The van der Waals surface area contributed by atoms with Crippen molar-refractivity contribution in [3.63, 3.8) is 0 Å². The van der Waals surface area contributed by atoms with Crippen LogP contribution in [-0.4, -0.2) is 12.6 Å². The SMILES string of the molecule is C=C1C2=CCC(C)(CCC(N)CN)C=C2C(C)c2cc(CC3CC=C(C)CC3)ccc21. The van der Waals surface area contributed by atoms with Crippen LogP contribution in [0.25, 0.3) is 5.57 Å². The van der Waals surface area contributed by atoms with E-state index in [1.807, 2.05) is 0 Å². The standard InChI is InChI=1S/C29H40N2/c1-19-5-7-22(8-6-19)15-23-9-10-25-20(2)26-12-14-29(4,13-11-24(31)18-30)17-28(26)21(3)27(25)16-23/h5,9-10,12,16-17,21-22,24H,2,6-8,11,13-15,18,30-31H2,1,3-4H3. The van der Waals surface area contributed by atoms with Gasteiger partial charge in [-0.1, -0.05) is 62.4 Å². The van der Waals surface area contributed by atoms with Crippen molar-refractivity contribution in [3.8, 4) is 0 Å². The summed E-state index contributed by atoms with van der Waals surface area (Å²) in [6.45, 7) is 12.1. The fourth-order valence-corrected chi connectivity index (χ4v) is 5.65. The summed E-state index contributed by atoms with van der Waals surface area (Å²) in [4.78, 5) is 0. The summed E-state index contributed by atoms with van der Waals surface area (Å²) in [7, 11) is 0. The maximum absolute atomic E-state index is 6.12. The second kappa shape index (κ2) is 8.92. The van der Waals surface area contributed by atoms with Crippen molar-refractivity contribution < 1.29 is 0 Å². The molecule has 3 aliphatic carbocycles. The number of hydrogen-bond donors (Lipinski definition) is 2. The lowest BCUT2D eigenvalue weighted by Gasteiger charge is -2.38. The van der Waals surface area contributed by atoms with Gasteiger partial charge in [-0.3, -0.25) is 0 Å². The number of benzene rings is 1. The van der Waals surface area contributed by atoms with Crippen molar-refractivity contribution in [3.05, 3.63) is 76.4 Å². The van der Waals surface area contributed by atoms with E-state index >= 15 is 0 Å². The largest absolute Gasteiger partial charge is 0.329 e. The Kier molecular flexibility index (Phi) is 6.42. The topological polar surface area (TPSA) is 52.0 Å². The molecule has 0 saturated carbocycles. The van der Waals surface area contributed by atoms with Gasteiger partial charge in [0.1, 0.15) is 0 Å². The molecule has 4 unspecified atom stereocenters. The quantitative estimate of drug-likeness (QED) is 0.525. The molecule has 1 aromatic carbocycles. The van der Waals surface area contributed by atoms with E-state index in [2.05, 4.69) is 63.8 Å². The normalized spacial score (nSPS) is 28.8. The van der Waals surface area contributed by atoms with Crippen LogP contribution < -0.4 is 11.5 Å². The zero-order valence-corrected chi connectivity index (χ0v) is 19.7. The highest BCUT2D eigenvalue weighted by Crippen LogP contribution is 2.50. The smallest absolute Gasteiger partial charge is 0.0163 e. The van der Waals surface area contributed by atoms with E-state index < -0.39 is 0 Å². The van der Waals surface area contributed by atoms with E-state index in [0.717, 1.165) is 25.2 Å². The molecular formula is C29H40N2. The molecule has 31 heavy (non-hydrogen) atoms. The molecule has 0 bridgehead atoms. The van der Waals surface area contributed by atoms with Crippen molar-refractivity contribution in [1.29, 1.82) is 0 Å². The van der Waals surface area contributed by atoms with Gasteiger partial charge in [-0.05, 0) is 96.6 Å². The molecule has 0 aliphatic heterocycles. The average molecular weight is 417 g/mol. The molecule has 3 aliphatic rings. The van der Waals surface area contributed by atoms with Gasteiger partial charge in [0, 0.05) is 18.5 Å². The van der Waals surface area contributed by atoms with Crippen LogP contribution in [0, 0.1) is 11.3 Å². The summed E-state index contributed by atoms with van der Waals surface area (Å²) >= 11 is 0. The van der Waals surface area contributed by atoms with Crippen molar-refractivity contribution in [2.45, 2.75) is 77.7 Å². The van der Waals surface area contributed by atoms with Crippen LogP contribution in [0.2, 0.25) is 0 Å². The minimum absolute atomic E-state index is 0.0982. The van der Waals surface area contributed by atoms with Crippen molar-refractivity contribution in [2.75, 3.05) is 6.54 Å². The first-order chi connectivity index (χ1) is 14.8. The van der Waals surface area contributed by atoms with Crippen molar-refractivity contribution in [2.24, 2.45) is 22.8 Å². The molecule has 0 spiro atoms. The molecule has 2 heteroatoms. The second-order valence-corrected chi connectivity index (χ2v) is 10.6. The van der Waals surface area contributed by atoms with Gasteiger partial charge in [0.15, 0.2) is 0 Å². The number of rotatable bonds is 6. The molecule has 0 fully saturated rings. The number of allylic oxidation sites excluding steroid dienone is 7. The van der Waals surface area contributed by atoms with Gasteiger partial charge in [-0.25, -0.2) is 0 Å². The van der Waals surface area contributed by atoms with Gasteiger partial charge >= 0.3 is 0 Å². The lowest BCUT2D eigenvalue weighted by Crippen LogP contribution is -2.32. The Morgan fingerprint density at radius 1 is 1.26 bits per heavy atom. The molecule has 0 aromatic heterocycles. The number of hydrogen-bond acceptors (Lipinski definition) is 2. The molecule has 4 N–H and O–H groups in total. The first-order valence-corrected chi connectivity index (χ1v) is 12.2.